The summed E-state index contributed by atoms with van der Waals surface area (Å²) in [5.41, 5.74) is 6.43. The molecular formula is C13H16N2O2. The van der Waals surface area contributed by atoms with Gasteiger partial charge in [0, 0.05) is 12.1 Å². The molecule has 1 aromatic rings. The molecule has 4 nitrogen and oxygen atoms in total. The van der Waals surface area contributed by atoms with Crippen LogP contribution in [-0.4, -0.2) is 29.5 Å². The fourth-order valence-electron chi connectivity index (χ4n) is 2.16. The standard InChI is InChI=1S/C13H16N2O2/c14-13(5-6-13)12(16)15-7-8-17-11-4-2-1-3-10(11)9-15/h1-4H,5-9,14H2. The predicted molar refractivity (Wildman–Crippen MR) is 63.5 cm³/mol. The Morgan fingerprint density at radius 3 is 2.88 bits per heavy atom. The lowest BCUT2D eigenvalue weighted by molar-refractivity contribution is -0.134. The molecule has 17 heavy (non-hydrogen) atoms. The van der Waals surface area contributed by atoms with Gasteiger partial charge < -0.3 is 15.4 Å². The number of rotatable bonds is 1. The summed E-state index contributed by atoms with van der Waals surface area (Å²) in [6, 6.07) is 7.85. The summed E-state index contributed by atoms with van der Waals surface area (Å²) < 4.78 is 5.63. The molecule has 2 aliphatic rings. The Labute approximate surface area is 100 Å². The van der Waals surface area contributed by atoms with Crippen LogP contribution >= 0.6 is 0 Å². The van der Waals surface area contributed by atoms with E-state index in [-0.39, 0.29) is 5.91 Å². The number of carbonyl (C=O) groups excluding carboxylic acids is 1. The van der Waals surface area contributed by atoms with Gasteiger partial charge in [0.25, 0.3) is 0 Å². The van der Waals surface area contributed by atoms with Crippen molar-refractivity contribution < 1.29 is 9.53 Å². The first-order chi connectivity index (χ1) is 8.19. The average molecular weight is 232 g/mol. The van der Waals surface area contributed by atoms with Gasteiger partial charge in [0.2, 0.25) is 5.91 Å². The zero-order valence-electron chi connectivity index (χ0n) is 9.69. The molecule has 0 aromatic heterocycles. The lowest BCUT2D eigenvalue weighted by Crippen LogP contribution is -2.46. The molecule has 1 amide bonds. The van der Waals surface area contributed by atoms with Crippen LogP contribution in [0.15, 0.2) is 24.3 Å². The van der Waals surface area contributed by atoms with Crippen molar-refractivity contribution in [3.05, 3.63) is 29.8 Å². The highest BCUT2D eigenvalue weighted by Gasteiger charge is 2.48. The molecule has 0 spiro atoms. The molecule has 0 bridgehead atoms. The normalized spacial score (nSPS) is 21.1. The molecule has 90 valence electrons. The van der Waals surface area contributed by atoms with Crippen LogP contribution in [0.4, 0.5) is 0 Å². The number of nitrogens with zero attached hydrogens (tertiary/aromatic N) is 1. The van der Waals surface area contributed by atoms with Gasteiger partial charge in [-0.1, -0.05) is 18.2 Å². The Morgan fingerprint density at radius 1 is 1.35 bits per heavy atom. The van der Waals surface area contributed by atoms with Crippen LogP contribution < -0.4 is 10.5 Å². The molecule has 0 saturated heterocycles. The zero-order chi connectivity index (χ0) is 11.9. The van der Waals surface area contributed by atoms with E-state index in [4.69, 9.17) is 10.5 Å². The second-order valence-electron chi connectivity index (χ2n) is 4.84. The monoisotopic (exact) mass is 232 g/mol. The minimum atomic E-state index is -0.584. The SMILES string of the molecule is NC1(C(=O)N2CCOc3ccccc3C2)CC1. The third-order valence-corrected chi connectivity index (χ3v) is 3.45. The van der Waals surface area contributed by atoms with Crippen LogP contribution in [0, 0.1) is 0 Å². The van der Waals surface area contributed by atoms with Crippen molar-refractivity contribution in [2.75, 3.05) is 13.2 Å². The number of nitrogens with two attached hydrogens (primary N) is 1. The molecular weight excluding hydrogens is 216 g/mol. The third-order valence-electron chi connectivity index (χ3n) is 3.45. The van der Waals surface area contributed by atoms with E-state index >= 15 is 0 Å². The summed E-state index contributed by atoms with van der Waals surface area (Å²) in [6.07, 6.45) is 1.62. The lowest BCUT2D eigenvalue weighted by Gasteiger charge is -2.23. The van der Waals surface area contributed by atoms with E-state index < -0.39 is 5.54 Å². The summed E-state index contributed by atoms with van der Waals surface area (Å²) in [4.78, 5) is 14.0. The van der Waals surface area contributed by atoms with E-state index in [0.717, 1.165) is 24.2 Å². The quantitative estimate of drug-likeness (QED) is 0.782. The minimum Gasteiger partial charge on any atom is -0.491 e. The fourth-order valence-corrected chi connectivity index (χ4v) is 2.16. The zero-order valence-corrected chi connectivity index (χ0v) is 9.69. The van der Waals surface area contributed by atoms with Crippen molar-refractivity contribution in [1.82, 2.24) is 4.90 Å². The molecule has 1 aliphatic heterocycles. The minimum absolute atomic E-state index is 0.0674. The van der Waals surface area contributed by atoms with Gasteiger partial charge >= 0.3 is 0 Å². The predicted octanol–water partition coefficient (Wildman–Crippen LogP) is 0.899. The number of para-hydroxylation sites is 1. The van der Waals surface area contributed by atoms with Crippen LogP contribution in [-0.2, 0) is 11.3 Å². The molecule has 1 fully saturated rings. The summed E-state index contributed by atoms with van der Waals surface area (Å²) in [5, 5.41) is 0. The van der Waals surface area contributed by atoms with E-state index in [2.05, 4.69) is 0 Å². The molecule has 0 unspecified atom stereocenters. The number of benzene rings is 1. The van der Waals surface area contributed by atoms with Gasteiger partial charge in [-0.3, -0.25) is 4.79 Å². The Kier molecular flexibility index (Phi) is 2.33. The van der Waals surface area contributed by atoms with Crippen molar-refractivity contribution in [1.29, 1.82) is 0 Å². The van der Waals surface area contributed by atoms with E-state index in [1.165, 1.54) is 0 Å². The van der Waals surface area contributed by atoms with Crippen LogP contribution in [0.5, 0.6) is 5.75 Å². The first kappa shape index (κ1) is 10.6. The lowest BCUT2D eigenvalue weighted by atomic mass is 10.1. The highest BCUT2D eigenvalue weighted by atomic mass is 16.5. The van der Waals surface area contributed by atoms with Gasteiger partial charge in [0.1, 0.15) is 12.4 Å². The van der Waals surface area contributed by atoms with Crippen molar-refractivity contribution in [3.8, 4) is 5.75 Å². The second kappa shape index (κ2) is 3.74. The molecule has 4 heteroatoms. The van der Waals surface area contributed by atoms with Gasteiger partial charge in [-0.25, -0.2) is 0 Å². The summed E-state index contributed by atoms with van der Waals surface area (Å²) in [5.74, 6) is 0.947. The van der Waals surface area contributed by atoms with Crippen LogP contribution in [0.3, 0.4) is 0 Å². The van der Waals surface area contributed by atoms with E-state index in [9.17, 15) is 4.79 Å². The first-order valence-corrected chi connectivity index (χ1v) is 5.98. The highest BCUT2D eigenvalue weighted by Crippen LogP contribution is 2.35. The Balaban J connectivity index is 1.83. The van der Waals surface area contributed by atoms with Gasteiger partial charge in [-0.2, -0.15) is 0 Å². The van der Waals surface area contributed by atoms with Crippen LogP contribution in [0.1, 0.15) is 18.4 Å². The summed E-state index contributed by atoms with van der Waals surface area (Å²) in [7, 11) is 0. The highest BCUT2D eigenvalue weighted by molar-refractivity contribution is 5.89. The van der Waals surface area contributed by atoms with Crippen LogP contribution in [0.2, 0.25) is 0 Å². The summed E-state index contributed by atoms with van der Waals surface area (Å²) in [6.45, 7) is 1.76. The second-order valence-corrected chi connectivity index (χ2v) is 4.84. The number of hydrogen-bond acceptors (Lipinski definition) is 3. The molecule has 3 rings (SSSR count). The number of ether oxygens (including phenoxy) is 1. The summed E-state index contributed by atoms with van der Waals surface area (Å²) >= 11 is 0. The number of hydrogen-bond donors (Lipinski definition) is 1. The molecule has 1 heterocycles. The van der Waals surface area contributed by atoms with Crippen LogP contribution in [0.25, 0.3) is 0 Å². The maximum Gasteiger partial charge on any atom is 0.243 e. The van der Waals surface area contributed by atoms with Gasteiger partial charge in [0.05, 0.1) is 12.1 Å². The molecule has 2 N–H and O–H groups in total. The van der Waals surface area contributed by atoms with Crippen molar-refractivity contribution >= 4 is 5.91 Å². The van der Waals surface area contributed by atoms with Crippen molar-refractivity contribution in [3.63, 3.8) is 0 Å². The van der Waals surface area contributed by atoms with Gasteiger partial charge in [0.15, 0.2) is 0 Å². The number of carbonyl (C=O) groups is 1. The third kappa shape index (κ3) is 1.89. The largest absolute Gasteiger partial charge is 0.491 e. The molecule has 0 radical (unpaired) electrons. The molecule has 1 aliphatic carbocycles. The number of amides is 1. The topological polar surface area (TPSA) is 55.6 Å². The first-order valence-electron chi connectivity index (χ1n) is 5.98. The number of fused-ring (bicyclic) bond motifs is 1. The maximum absolute atomic E-state index is 12.2. The van der Waals surface area contributed by atoms with Gasteiger partial charge in [-0.05, 0) is 18.9 Å². The van der Waals surface area contributed by atoms with E-state index in [1.54, 1.807) is 0 Å². The fraction of sp³-hybridized carbons (Fsp3) is 0.462. The Bertz CT molecular complexity index is 454. The Hall–Kier alpha value is -1.55. The maximum atomic E-state index is 12.2. The van der Waals surface area contributed by atoms with E-state index in [1.807, 2.05) is 29.2 Å². The smallest absolute Gasteiger partial charge is 0.243 e. The van der Waals surface area contributed by atoms with Gasteiger partial charge in [-0.15, -0.1) is 0 Å². The molecule has 0 atom stereocenters. The molecule has 1 aromatic carbocycles. The Morgan fingerprint density at radius 2 is 2.12 bits per heavy atom. The molecule has 1 saturated carbocycles. The van der Waals surface area contributed by atoms with Crippen molar-refractivity contribution in [2.45, 2.75) is 24.9 Å². The average Bonchev–Trinajstić information content (AvgIpc) is 3.11. The van der Waals surface area contributed by atoms with E-state index in [0.29, 0.717) is 19.7 Å². The van der Waals surface area contributed by atoms with Crippen molar-refractivity contribution in [2.24, 2.45) is 5.73 Å².